The predicted octanol–water partition coefficient (Wildman–Crippen LogP) is 5.23. The van der Waals surface area contributed by atoms with Crippen molar-refractivity contribution < 1.29 is 4.74 Å². The third kappa shape index (κ3) is 3.21. The highest BCUT2D eigenvalue weighted by Crippen LogP contribution is 2.40. The fourth-order valence-electron chi connectivity index (χ4n) is 3.68. The summed E-state index contributed by atoms with van der Waals surface area (Å²) >= 11 is 0. The standard InChI is InChI=1S/C24H23NO/c1-4-11-20(12-5-1)24(21-13-6-2-7-14-21,22-15-8-3-9-16-22)26-19-23-17-10-18-25-23/h1-9,11-16,18,23H,10,17,19H2/t23-/m0/s1. The highest BCUT2D eigenvalue weighted by Gasteiger charge is 2.38. The van der Waals surface area contributed by atoms with Gasteiger partial charge in [-0.15, -0.1) is 0 Å². The minimum Gasteiger partial charge on any atom is -0.359 e. The number of aliphatic imine (C=N–C) groups is 1. The van der Waals surface area contributed by atoms with Crippen molar-refractivity contribution in [2.75, 3.05) is 6.61 Å². The number of hydrogen-bond acceptors (Lipinski definition) is 2. The fraction of sp³-hybridized carbons (Fsp3) is 0.208. The van der Waals surface area contributed by atoms with Gasteiger partial charge in [0.05, 0.1) is 12.6 Å². The van der Waals surface area contributed by atoms with Crippen molar-refractivity contribution in [3.63, 3.8) is 0 Å². The van der Waals surface area contributed by atoms with Gasteiger partial charge in [-0.1, -0.05) is 91.0 Å². The summed E-state index contributed by atoms with van der Waals surface area (Å²) in [6.45, 7) is 0.606. The van der Waals surface area contributed by atoms with Crippen LogP contribution in [0.15, 0.2) is 96.0 Å². The first-order chi connectivity index (χ1) is 12.9. The van der Waals surface area contributed by atoms with Crippen molar-refractivity contribution in [3.05, 3.63) is 108 Å². The average molecular weight is 341 g/mol. The van der Waals surface area contributed by atoms with Gasteiger partial charge in [0, 0.05) is 0 Å². The van der Waals surface area contributed by atoms with E-state index in [0.29, 0.717) is 6.61 Å². The Labute approximate surface area is 155 Å². The van der Waals surface area contributed by atoms with Crippen LogP contribution in [-0.2, 0) is 10.3 Å². The van der Waals surface area contributed by atoms with Gasteiger partial charge in [0.2, 0.25) is 0 Å². The van der Waals surface area contributed by atoms with Crippen LogP contribution in [0.25, 0.3) is 0 Å². The summed E-state index contributed by atoms with van der Waals surface area (Å²) in [5.74, 6) is 0. The molecule has 130 valence electrons. The Bertz CT molecular complexity index is 746. The lowest BCUT2D eigenvalue weighted by atomic mass is 9.80. The van der Waals surface area contributed by atoms with Crippen molar-refractivity contribution in [1.82, 2.24) is 0 Å². The molecule has 1 aliphatic heterocycles. The van der Waals surface area contributed by atoms with Gasteiger partial charge < -0.3 is 4.74 Å². The van der Waals surface area contributed by atoms with Crippen molar-refractivity contribution in [2.45, 2.75) is 24.5 Å². The Morgan fingerprint density at radius 1 is 0.731 bits per heavy atom. The minimum absolute atomic E-state index is 0.241. The quantitative estimate of drug-likeness (QED) is 0.563. The smallest absolute Gasteiger partial charge is 0.143 e. The van der Waals surface area contributed by atoms with Crippen LogP contribution in [0.1, 0.15) is 29.5 Å². The summed E-state index contributed by atoms with van der Waals surface area (Å²) in [5, 5.41) is 0. The van der Waals surface area contributed by atoms with Crippen molar-refractivity contribution in [3.8, 4) is 0 Å². The molecule has 2 nitrogen and oxygen atoms in total. The second-order valence-corrected chi connectivity index (χ2v) is 6.65. The van der Waals surface area contributed by atoms with E-state index in [-0.39, 0.29) is 6.04 Å². The van der Waals surface area contributed by atoms with Gasteiger partial charge in [-0.05, 0) is 35.7 Å². The van der Waals surface area contributed by atoms with E-state index in [2.05, 4.69) is 77.8 Å². The van der Waals surface area contributed by atoms with Gasteiger partial charge in [0.15, 0.2) is 0 Å². The number of ether oxygens (including phenoxy) is 1. The second-order valence-electron chi connectivity index (χ2n) is 6.65. The van der Waals surface area contributed by atoms with Crippen LogP contribution >= 0.6 is 0 Å². The molecule has 0 radical (unpaired) electrons. The molecule has 0 fully saturated rings. The molecule has 0 bridgehead atoms. The molecule has 0 unspecified atom stereocenters. The van der Waals surface area contributed by atoms with Crippen LogP contribution in [0, 0.1) is 0 Å². The largest absolute Gasteiger partial charge is 0.359 e. The highest BCUT2D eigenvalue weighted by atomic mass is 16.5. The highest BCUT2D eigenvalue weighted by molar-refractivity contribution is 5.59. The molecular formula is C24H23NO. The molecule has 0 saturated carbocycles. The first kappa shape index (κ1) is 16.7. The zero-order valence-corrected chi connectivity index (χ0v) is 14.8. The Balaban J connectivity index is 1.86. The van der Waals surface area contributed by atoms with Gasteiger partial charge in [-0.3, -0.25) is 4.99 Å². The molecule has 1 atom stereocenters. The number of nitrogens with zero attached hydrogens (tertiary/aromatic N) is 1. The Kier molecular flexibility index (Phi) is 4.94. The van der Waals surface area contributed by atoms with Crippen molar-refractivity contribution in [1.29, 1.82) is 0 Å². The molecule has 0 amide bonds. The van der Waals surface area contributed by atoms with Crippen LogP contribution < -0.4 is 0 Å². The average Bonchev–Trinajstić information content (AvgIpc) is 3.25. The molecular weight excluding hydrogens is 318 g/mol. The lowest BCUT2D eigenvalue weighted by Crippen LogP contribution is -2.35. The maximum absolute atomic E-state index is 6.76. The molecule has 3 aromatic rings. The number of rotatable bonds is 6. The van der Waals surface area contributed by atoms with Crippen LogP contribution in [-0.4, -0.2) is 18.9 Å². The topological polar surface area (TPSA) is 21.6 Å². The zero-order chi connectivity index (χ0) is 17.7. The van der Waals surface area contributed by atoms with E-state index in [0.717, 1.165) is 29.5 Å². The van der Waals surface area contributed by atoms with E-state index in [1.807, 2.05) is 24.4 Å². The SMILES string of the molecule is C1=N[C@H](COC(c2ccccc2)(c2ccccc2)c2ccccc2)CC1. The fourth-order valence-corrected chi connectivity index (χ4v) is 3.68. The summed E-state index contributed by atoms with van der Waals surface area (Å²) in [6.07, 6.45) is 4.13. The van der Waals surface area contributed by atoms with Gasteiger partial charge >= 0.3 is 0 Å². The molecule has 0 aliphatic carbocycles. The molecule has 1 heterocycles. The molecule has 3 aromatic carbocycles. The third-order valence-electron chi connectivity index (χ3n) is 4.98. The van der Waals surface area contributed by atoms with E-state index in [4.69, 9.17) is 4.74 Å². The van der Waals surface area contributed by atoms with E-state index in [1.54, 1.807) is 0 Å². The normalized spacial score (nSPS) is 16.7. The van der Waals surface area contributed by atoms with Crippen LogP contribution in [0.2, 0.25) is 0 Å². The maximum Gasteiger partial charge on any atom is 0.143 e. The first-order valence-electron chi connectivity index (χ1n) is 9.22. The number of hydrogen-bond donors (Lipinski definition) is 0. The number of benzene rings is 3. The lowest BCUT2D eigenvalue weighted by molar-refractivity contribution is 0.00561. The van der Waals surface area contributed by atoms with Gasteiger partial charge in [-0.25, -0.2) is 0 Å². The summed E-state index contributed by atoms with van der Waals surface area (Å²) < 4.78 is 6.76. The summed E-state index contributed by atoms with van der Waals surface area (Å²) in [5.41, 5.74) is 2.78. The molecule has 26 heavy (non-hydrogen) atoms. The van der Waals surface area contributed by atoms with Crippen LogP contribution in [0.5, 0.6) is 0 Å². The van der Waals surface area contributed by atoms with E-state index in [9.17, 15) is 0 Å². The summed E-state index contributed by atoms with van der Waals surface area (Å²) in [4.78, 5) is 4.57. The Morgan fingerprint density at radius 2 is 1.19 bits per heavy atom. The van der Waals surface area contributed by atoms with E-state index in [1.165, 1.54) is 0 Å². The van der Waals surface area contributed by atoms with Crippen molar-refractivity contribution in [2.24, 2.45) is 4.99 Å². The summed E-state index contributed by atoms with van der Waals surface area (Å²) in [6, 6.07) is 31.7. The third-order valence-corrected chi connectivity index (χ3v) is 4.98. The second kappa shape index (κ2) is 7.67. The van der Waals surface area contributed by atoms with E-state index < -0.39 is 5.60 Å². The van der Waals surface area contributed by atoms with E-state index >= 15 is 0 Å². The molecule has 0 N–H and O–H groups in total. The summed E-state index contributed by atoms with van der Waals surface area (Å²) in [7, 11) is 0. The molecule has 1 aliphatic rings. The predicted molar refractivity (Wildman–Crippen MR) is 107 cm³/mol. The molecule has 2 heteroatoms. The van der Waals surface area contributed by atoms with Crippen LogP contribution in [0.3, 0.4) is 0 Å². The van der Waals surface area contributed by atoms with Gasteiger partial charge in [0.25, 0.3) is 0 Å². The molecule has 0 saturated heterocycles. The first-order valence-corrected chi connectivity index (χ1v) is 9.22. The monoisotopic (exact) mass is 341 g/mol. The lowest BCUT2D eigenvalue weighted by Gasteiger charge is -2.36. The van der Waals surface area contributed by atoms with Crippen LogP contribution in [0.4, 0.5) is 0 Å². The minimum atomic E-state index is -0.637. The Hall–Kier alpha value is -2.71. The Morgan fingerprint density at radius 3 is 1.58 bits per heavy atom. The van der Waals surface area contributed by atoms with Gasteiger partial charge in [-0.2, -0.15) is 0 Å². The zero-order valence-electron chi connectivity index (χ0n) is 14.8. The maximum atomic E-state index is 6.76. The molecule has 0 spiro atoms. The molecule has 4 rings (SSSR count). The van der Waals surface area contributed by atoms with Gasteiger partial charge in [0.1, 0.15) is 5.60 Å². The van der Waals surface area contributed by atoms with Crippen molar-refractivity contribution >= 4 is 6.21 Å². The molecule has 0 aromatic heterocycles.